The predicted octanol–water partition coefficient (Wildman–Crippen LogP) is 0.729. The first-order valence-electron chi connectivity index (χ1n) is 12.3. The van der Waals surface area contributed by atoms with Crippen molar-refractivity contribution >= 4 is 23.5 Å². The van der Waals surface area contributed by atoms with Crippen LogP contribution >= 0.6 is 11.6 Å². The second kappa shape index (κ2) is 30.1. The standard InChI is InChI=1S/C23H44ClNO11/c24-4-7-30-9-11-32-13-15-34-17-19-36-21-20-35-18-16-33-14-12-31-10-8-29-6-1-5-25-22(26)2-3-23(27)28/h1-21H2,(H,25,26)(H,27,28). The summed E-state index contributed by atoms with van der Waals surface area (Å²) in [6, 6.07) is 0. The van der Waals surface area contributed by atoms with Crippen LogP contribution in [0.3, 0.4) is 0 Å². The minimum Gasteiger partial charge on any atom is -0.481 e. The Balaban J connectivity index is 3.07. The Morgan fingerprint density at radius 2 is 0.861 bits per heavy atom. The maximum Gasteiger partial charge on any atom is 0.303 e. The fourth-order valence-corrected chi connectivity index (χ4v) is 2.52. The van der Waals surface area contributed by atoms with Crippen LogP contribution in [-0.4, -0.2) is 135 Å². The normalized spacial score (nSPS) is 11.1. The highest BCUT2D eigenvalue weighted by Gasteiger charge is 2.04. The number of carbonyl (C=O) groups is 2. The second-order valence-corrected chi connectivity index (χ2v) is 7.56. The first-order chi connectivity index (χ1) is 17.7. The highest BCUT2D eigenvalue weighted by Crippen LogP contribution is 1.90. The van der Waals surface area contributed by atoms with Crippen LogP contribution in [0, 0.1) is 0 Å². The van der Waals surface area contributed by atoms with Crippen molar-refractivity contribution in [2.75, 3.05) is 118 Å². The van der Waals surface area contributed by atoms with Crippen molar-refractivity contribution in [3.63, 3.8) is 0 Å². The molecule has 0 aromatic heterocycles. The summed E-state index contributed by atoms with van der Waals surface area (Å²) in [5.41, 5.74) is 0. The average Bonchev–Trinajstić information content (AvgIpc) is 2.87. The number of carboxylic acids is 1. The van der Waals surface area contributed by atoms with Crippen molar-refractivity contribution in [3.8, 4) is 0 Å². The van der Waals surface area contributed by atoms with Crippen molar-refractivity contribution in [2.45, 2.75) is 19.3 Å². The number of amides is 1. The van der Waals surface area contributed by atoms with Crippen LogP contribution in [0.5, 0.6) is 0 Å². The van der Waals surface area contributed by atoms with Gasteiger partial charge in [0.05, 0.1) is 106 Å². The van der Waals surface area contributed by atoms with Gasteiger partial charge < -0.3 is 48.3 Å². The second-order valence-electron chi connectivity index (χ2n) is 7.19. The van der Waals surface area contributed by atoms with Gasteiger partial charge in [0.25, 0.3) is 0 Å². The van der Waals surface area contributed by atoms with Crippen molar-refractivity contribution in [2.24, 2.45) is 0 Å². The smallest absolute Gasteiger partial charge is 0.303 e. The monoisotopic (exact) mass is 545 g/mol. The van der Waals surface area contributed by atoms with E-state index < -0.39 is 5.97 Å². The maximum absolute atomic E-state index is 11.3. The van der Waals surface area contributed by atoms with Gasteiger partial charge in [0, 0.05) is 25.5 Å². The van der Waals surface area contributed by atoms with E-state index in [1.165, 1.54) is 0 Å². The van der Waals surface area contributed by atoms with Gasteiger partial charge in [0.1, 0.15) is 0 Å². The summed E-state index contributed by atoms with van der Waals surface area (Å²) in [6.07, 6.45) is 0.491. The lowest BCUT2D eigenvalue weighted by molar-refractivity contribution is -0.138. The zero-order valence-electron chi connectivity index (χ0n) is 21.3. The number of carbonyl (C=O) groups excluding carboxylic acids is 1. The van der Waals surface area contributed by atoms with E-state index in [-0.39, 0.29) is 18.7 Å². The Morgan fingerprint density at radius 1 is 0.528 bits per heavy atom. The van der Waals surface area contributed by atoms with Crippen LogP contribution in [0.1, 0.15) is 19.3 Å². The van der Waals surface area contributed by atoms with Gasteiger partial charge in [0.2, 0.25) is 5.91 Å². The van der Waals surface area contributed by atoms with E-state index in [2.05, 4.69) is 5.32 Å². The molecule has 0 aliphatic heterocycles. The molecule has 0 fully saturated rings. The van der Waals surface area contributed by atoms with Gasteiger partial charge in [-0.1, -0.05) is 0 Å². The molecule has 0 aliphatic rings. The molecule has 1 amide bonds. The fraction of sp³-hybridized carbons (Fsp3) is 0.913. The summed E-state index contributed by atoms with van der Waals surface area (Å²) in [5.74, 6) is -0.753. The summed E-state index contributed by atoms with van der Waals surface area (Å²) in [6.45, 7) is 8.45. The van der Waals surface area contributed by atoms with Gasteiger partial charge in [-0.15, -0.1) is 11.6 Å². The van der Waals surface area contributed by atoms with Crippen LogP contribution < -0.4 is 5.32 Å². The average molecular weight is 546 g/mol. The number of ether oxygens (including phenoxy) is 8. The quantitative estimate of drug-likeness (QED) is 0.0974. The molecule has 0 heterocycles. The van der Waals surface area contributed by atoms with Crippen LogP contribution in [0.4, 0.5) is 0 Å². The number of aliphatic carboxylic acids is 1. The lowest BCUT2D eigenvalue weighted by Gasteiger charge is -2.09. The lowest BCUT2D eigenvalue weighted by Crippen LogP contribution is -2.25. The van der Waals surface area contributed by atoms with Gasteiger partial charge in [0.15, 0.2) is 0 Å². The third-order valence-corrected chi connectivity index (χ3v) is 4.33. The third-order valence-electron chi connectivity index (χ3n) is 4.18. The highest BCUT2D eigenvalue weighted by atomic mass is 35.5. The van der Waals surface area contributed by atoms with Crippen molar-refractivity contribution in [3.05, 3.63) is 0 Å². The topological polar surface area (TPSA) is 140 Å². The van der Waals surface area contributed by atoms with E-state index in [0.717, 1.165) is 0 Å². The lowest BCUT2D eigenvalue weighted by atomic mass is 10.3. The van der Waals surface area contributed by atoms with Gasteiger partial charge in [-0.3, -0.25) is 9.59 Å². The van der Waals surface area contributed by atoms with E-state index >= 15 is 0 Å². The molecule has 13 heteroatoms. The SMILES string of the molecule is O=C(O)CCC(=O)NCCCOCCOCCOCCOCCOCCOCCOCCOCCCl. The number of hydrogen-bond donors (Lipinski definition) is 2. The summed E-state index contributed by atoms with van der Waals surface area (Å²) in [5, 5.41) is 11.1. The van der Waals surface area contributed by atoms with Crippen molar-refractivity contribution in [1.29, 1.82) is 0 Å². The number of alkyl halides is 1. The molecule has 0 unspecified atom stereocenters. The van der Waals surface area contributed by atoms with Gasteiger partial charge in [-0.05, 0) is 6.42 Å². The molecule has 36 heavy (non-hydrogen) atoms. The van der Waals surface area contributed by atoms with Gasteiger partial charge >= 0.3 is 5.97 Å². The number of rotatable bonds is 30. The van der Waals surface area contributed by atoms with E-state index in [1.54, 1.807) is 0 Å². The summed E-state index contributed by atoms with van der Waals surface area (Å²) < 4.78 is 42.9. The molecule has 0 radical (unpaired) electrons. The molecule has 0 aromatic carbocycles. The van der Waals surface area contributed by atoms with E-state index in [1.807, 2.05) is 0 Å². The molecule has 0 spiro atoms. The third kappa shape index (κ3) is 30.9. The van der Waals surface area contributed by atoms with E-state index in [9.17, 15) is 9.59 Å². The molecule has 12 nitrogen and oxygen atoms in total. The Kier molecular flexibility index (Phi) is 29.2. The zero-order chi connectivity index (χ0) is 26.4. The minimum absolute atomic E-state index is 0.00601. The minimum atomic E-state index is -0.980. The number of halogens is 1. The molecule has 0 rings (SSSR count). The maximum atomic E-state index is 11.3. The Hall–Kier alpha value is -1.09. The van der Waals surface area contributed by atoms with Gasteiger partial charge in [-0.2, -0.15) is 0 Å². The Labute approximate surface area is 219 Å². The number of hydrogen-bond acceptors (Lipinski definition) is 10. The molecule has 0 saturated heterocycles. The van der Waals surface area contributed by atoms with Crippen LogP contribution in [-0.2, 0) is 47.5 Å². The molecule has 0 atom stereocenters. The van der Waals surface area contributed by atoms with E-state index in [4.69, 9.17) is 54.6 Å². The molecule has 0 aliphatic carbocycles. The predicted molar refractivity (Wildman–Crippen MR) is 132 cm³/mol. The number of carboxylic acid groups (broad SMARTS) is 1. The first-order valence-corrected chi connectivity index (χ1v) is 12.9. The van der Waals surface area contributed by atoms with Gasteiger partial charge in [-0.25, -0.2) is 0 Å². The summed E-state index contributed by atoms with van der Waals surface area (Å²) in [7, 11) is 0. The van der Waals surface area contributed by atoms with E-state index in [0.29, 0.717) is 125 Å². The Bertz CT molecular complexity index is 489. The molecule has 0 aromatic rings. The summed E-state index contributed by atoms with van der Waals surface area (Å²) in [4.78, 5) is 21.7. The largest absolute Gasteiger partial charge is 0.481 e. The number of nitrogens with one attached hydrogen (secondary N) is 1. The molecule has 0 saturated carbocycles. The zero-order valence-corrected chi connectivity index (χ0v) is 22.0. The van der Waals surface area contributed by atoms with Crippen LogP contribution in [0.2, 0.25) is 0 Å². The highest BCUT2D eigenvalue weighted by molar-refractivity contribution is 6.17. The molecule has 0 bridgehead atoms. The molecule has 214 valence electrons. The molecule has 2 N–H and O–H groups in total. The first kappa shape index (κ1) is 34.9. The summed E-state index contributed by atoms with van der Waals surface area (Å²) >= 11 is 5.49. The fourth-order valence-electron chi connectivity index (χ4n) is 2.41. The van der Waals surface area contributed by atoms with Crippen LogP contribution in [0.25, 0.3) is 0 Å². The van der Waals surface area contributed by atoms with Crippen molar-refractivity contribution < 1.29 is 52.6 Å². The van der Waals surface area contributed by atoms with Crippen molar-refractivity contribution in [1.82, 2.24) is 5.32 Å². The molecular weight excluding hydrogens is 502 g/mol. The molecular formula is C23H44ClNO11. The van der Waals surface area contributed by atoms with Crippen LogP contribution in [0.15, 0.2) is 0 Å². The Morgan fingerprint density at radius 3 is 1.19 bits per heavy atom.